The van der Waals surface area contributed by atoms with Crippen molar-refractivity contribution >= 4 is 11.6 Å². The number of anilines is 1. The van der Waals surface area contributed by atoms with Crippen molar-refractivity contribution in [3.8, 4) is 17.6 Å². The minimum atomic E-state index is -0.457. The highest BCUT2D eigenvalue weighted by molar-refractivity contribution is 5.99. The van der Waals surface area contributed by atoms with E-state index in [-0.39, 0.29) is 5.78 Å². The Morgan fingerprint density at radius 3 is 2.88 bits per heavy atom. The molecule has 1 aliphatic heterocycles. The van der Waals surface area contributed by atoms with Crippen molar-refractivity contribution in [2.75, 3.05) is 19.5 Å². The molecule has 1 N–H and O–H groups in total. The second-order valence-corrected chi connectivity index (χ2v) is 6.27. The van der Waals surface area contributed by atoms with Crippen LogP contribution in [0.25, 0.3) is 0 Å². The number of aromatic nitrogens is 2. The summed E-state index contributed by atoms with van der Waals surface area (Å²) in [5, 5.41) is 17.0. The number of benzene rings is 1. The van der Waals surface area contributed by atoms with Crippen molar-refractivity contribution in [3.05, 3.63) is 46.8 Å². The van der Waals surface area contributed by atoms with Crippen molar-refractivity contribution in [1.82, 2.24) is 9.78 Å². The second-order valence-electron chi connectivity index (χ2n) is 6.27. The number of nitrogens with one attached hydrogen (secondary N) is 1. The van der Waals surface area contributed by atoms with E-state index in [9.17, 15) is 10.1 Å². The number of carbonyl (C=O) groups excluding carboxylic acids is 1. The zero-order chi connectivity index (χ0) is 18.3. The van der Waals surface area contributed by atoms with E-state index in [0.717, 1.165) is 24.1 Å². The Balaban J connectivity index is 1.99. The van der Waals surface area contributed by atoms with Crippen molar-refractivity contribution in [2.24, 2.45) is 0 Å². The summed E-state index contributed by atoms with van der Waals surface area (Å²) in [6.07, 6.45) is 3.58. The molecule has 1 aromatic carbocycles. The van der Waals surface area contributed by atoms with Gasteiger partial charge >= 0.3 is 0 Å². The maximum Gasteiger partial charge on any atom is 0.163 e. The zero-order valence-electron chi connectivity index (χ0n) is 14.6. The molecule has 2 heterocycles. The monoisotopic (exact) mass is 350 g/mol. The van der Waals surface area contributed by atoms with Crippen LogP contribution in [0.3, 0.4) is 0 Å². The van der Waals surface area contributed by atoms with Gasteiger partial charge in [0.2, 0.25) is 0 Å². The van der Waals surface area contributed by atoms with Crippen LogP contribution in [0, 0.1) is 11.3 Å². The molecule has 1 aromatic heterocycles. The third kappa shape index (κ3) is 2.34. The van der Waals surface area contributed by atoms with Crippen LogP contribution >= 0.6 is 0 Å². The Morgan fingerprint density at radius 1 is 1.31 bits per heavy atom. The highest BCUT2D eigenvalue weighted by Gasteiger charge is 2.38. The summed E-state index contributed by atoms with van der Waals surface area (Å²) in [6, 6.07) is 7.19. The second kappa shape index (κ2) is 6.23. The number of nitriles is 1. The van der Waals surface area contributed by atoms with Crippen molar-refractivity contribution in [3.63, 3.8) is 0 Å². The van der Waals surface area contributed by atoms with E-state index in [1.807, 2.05) is 18.2 Å². The predicted molar refractivity (Wildman–Crippen MR) is 94.1 cm³/mol. The number of allylic oxidation sites excluding steroid dienone is 2. The Bertz CT molecular complexity index is 968. The van der Waals surface area contributed by atoms with E-state index in [1.54, 1.807) is 18.9 Å². The van der Waals surface area contributed by atoms with Gasteiger partial charge in [0.25, 0.3) is 0 Å². The lowest BCUT2D eigenvalue weighted by atomic mass is 9.85. The molecule has 0 saturated heterocycles. The summed E-state index contributed by atoms with van der Waals surface area (Å²) in [7, 11) is 3.19. The molecule has 0 saturated carbocycles. The third-order valence-electron chi connectivity index (χ3n) is 4.89. The molecule has 4 rings (SSSR count). The van der Waals surface area contributed by atoms with E-state index >= 15 is 0 Å². The van der Waals surface area contributed by atoms with E-state index in [2.05, 4.69) is 16.5 Å². The van der Waals surface area contributed by atoms with Crippen LogP contribution in [0.15, 0.2) is 35.7 Å². The lowest BCUT2D eigenvalue weighted by molar-refractivity contribution is -0.116. The van der Waals surface area contributed by atoms with Gasteiger partial charge in [-0.1, -0.05) is 0 Å². The SMILES string of the molecule is COc1ccc(OC)c([C@H]2C3=C(CCCC3=O)Nc3c(C#N)cnn32)c1. The molecule has 0 spiro atoms. The molecule has 2 aliphatic rings. The normalized spacial score (nSPS) is 18.5. The molecule has 7 nitrogen and oxygen atoms in total. The number of ketones is 1. The van der Waals surface area contributed by atoms with Crippen LogP contribution in [0.1, 0.15) is 36.4 Å². The number of methoxy groups -OCH3 is 2. The molecular formula is C19H18N4O3. The van der Waals surface area contributed by atoms with Gasteiger partial charge in [-0.15, -0.1) is 0 Å². The number of fused-ring (bicyclic) bond motifs is 1. The molecule has 7 heteroatoms. The van der Waals surface area contributed by atoms with E-state index in [0.29, 0.717) is 34.9 Å². The number of carbonyl (C=O) groups is 1. The molecule has 0 radical (unpaired) electrons. The molecule has 2 aromatic rings. The van der Waals surface area contributed by atoms with Crippen molar-refractivity contribution in [2.45, 2.75) is 25.3 Å². The number of ether oxygens (including phenoxy) is 2. The van der Waals surface area contributed by atoms with Gasteiger partial charge in [0.15, 0.2) is 5.78 Å². The van der Waals surface area contributed by atoms with Crippen LogP contribution in [0.5, 0.6) is 11.5 Å². The Kier molecular flexibility index (Phi) is 3.88. The highest BCUT2D eigenvalue weighted by Crippen LogP contribution is 2.44. The summed E-state index contributed by atoms with van der Waals surface area (Å²) < 4.78 is 12.6. The topological polar surface area (TPSA) is 89.2 Å². The number of nitrogens with zero attached hydrogens (tertiary/aromatic N) is 3. The fourth-order valence-electron chi connectivity index (χ4n) is 3.68. The molecule has 1 aliphatic carbocycles. The smallest absolute Gasteiger partial charge is 0.163 e. The van der Waals surface area contributed by atoms with Crippen LogP contribution < -0.4 is 14.8 Å². The molecule has 0 bridgehead atoms. The van der Waals surface area contributed by atoms with Crippen LogP contribution in [-0.2, 0) is 4.79 Å². The fourth-order valence-corrected chi connectivity index (χ4v) is 3.68. The Labute approximate surface area is 150 Å². The fraction of sp³-hybridized carbons (Fsp3) is 0.316. The lowest BCUT2D eigenvalue weighted by Gasteiger charge is -2.33. The van der Waals surface area contributed by atoms with Gasteiger partial charge in [-0.3, -0.25) is 4.79 Å². The average molecular weight is 350 g/mol. The van der Waals surface area contributed by atoms with Gasteiger partial charge in [0.1, 0.15) is 35.0 Å². The maximum atomic E-state index is 12.8. The van der Waals surface area contributed by atoms with Crippen molar-refractivity contribution in [1.29, 1.82) is 5.26 Å². The third-order valence-corrected chi connectivity index (χ3v) is 4.89. The summed E-state index contributed by atoms with van der Waals surface area (Å²) >= 11 is 0. The molecule has 26 heavy (non-hydrogen) atoms. The lowest BCUT2D eigenvalue weighted by Crippen LogP contribution is -2.31. The van der Waals surface area contributed by atoms with E-state index in [4.69, 9.17) is 9.47 Å². The molecular weight excluding hydrogens is 332 g/mol. The van der Waals surface area contributed by atoms with E-state index in [1.165, 1.54) is 6.20 Å². The zero-order valence-corrected chi connectivity index (χ0v) is 14.6. The maximum absolute atomic E-state index is 12.8. The van der Waals surface area contributed by atoms with Crippen LogP contribution in [0.4, 0.5) is 5.82 Å². The Morgan fingerprint density at radius 2 is 2.15 bits per heavy atom. The summed E-state index contributed by atoms with van der Waals surface area (Å²) in [4.78, 5) is 12.8. The quantitative estimate of drug-likeness (QED) is 0.915. The average Bonchev–Trinajstić information content (AvgIpc) is 3.08. The van der Waals surface area contributed by atoms with E-state index < -0.39 is 6.04 Å². The number of hydrogen-bond acceptors (Lipinski definition) is 6. The predicted octanol–water partition coefficient (Wildman–Crippen LogP) is 2.79. The molecule has 0 amide bonds. The molecule has 1 atom stereocenters. The minimum Gasteiger partial charge on any atom is -0.497 e. The number of hydrogen-bond donors (Lipinski definition) is 1. The largest absolute Gasteiger partial charge is 0.497 e. The molecule has 0 unspecified atom stereocenters. The molecule has 0 fully saturated rings. The first-order valence-corrected chi connectivity index (χ1v) is 8.40. The first-order valence-electron chi connectivity index (χ1n) is 8.40. The Hall–Kier alpha value is -3.27. The van der Waals surface area contributed by atoms with Gasteiger partial charge < -0.3 is 14.8 Å². The standard InChI is InChI=1S/C19H18N4O3/c1-25-12-6-7-16(26-2)13(8-12)18-17-14(4-3-5-15(17)24)22-19-11(9-20)10-21-23(18)19/h6-8,10,18,22H,3-5H2,1-2H3/t18-/m0/s1. The number of Topliss-reactive ketones (excluding diaryl/α,β-unsaturated/α-hetero) is 1. The minimum absolute atomic E-state index is 0.0910. The van der Waals surface area contributed by atoms with Gasteiger partial charge in [-0.2, -0.15) is 10.4 Å². The summed E-state index contributed by atoms with van der Waals surface area (Å²) in [5.74, 6) is 2.01. The highest BCUT2D eigenvalue weighted by atomic mass is 16.5. The summed E-state index contributed by atoms with van der Waals surface area (Å²) in [6.45, 7) is 0. The van der Waals surface area contributed by atoms with Gasteiger partial charge in [-0.05, 0) is 31.0 Å². The van der Waals surface area contributed by atoms with Gasteiger partial charge in [-0.25, -0.2) is 4.68 Å². The first-order chi connectivity index (χ1) is 12.7. The first kappa shape index (κ1) is 16.2. The van der Waals surface area contributed by atoms with Crippen LogP contribution in [-0.4, -0.2) is 29.8 Å². The van der Waals surface area contributed by atoms with Crippen LogP contribution in [0.2, 0.25) is 0 Å². The van der Waals surface area contributed by atoms with Gasteiger partial charge in [0, 0.05) is 23.3 Å². The number of rotatable bonds is 3. The molecule has 132 valence electrons. The summed E-state index contributed by atoms with van der Waals surface area (Å²) in [5.41, 5.74) is 2.77. The van der Waals surface area contributed by atoms with Gasteiger partial charge in [0.05, 0.1) is 20.4 Å². The van der Waals surface area contributed by atoms with Crippen molar-refractivity contribution < 1.29 is 14.3 Å².